The molecule has 1 aliphatic rings. The number of methoxy groups -OCH3 is 1. The Morgan fingerprint density at radius 2 is 2.12 bits per heavy atom. The number of hydrogen-bond donors (Lipinski definition) is 1. The summed E-state index contributed by atoms with van der Waals surface area (Å²) in [5, 5.41) is 2.56. The molecule has 1 aliphatic heterocycles. The summed E-state index contributed by atoms with van der Waals surface area (Å²) in [6.07, 6.45) is 1.13. The normalized spacial score (nSPS) is 21.4. The Morgan fingerprint density at radius 3 is 2.53 bits per heavy atom. The predicted molar refractivity (Wildman–Crippen MR) is 64.7 cm³/mol. The molecular formula is C11H19BN2O3. The van der Waals surface area contributed by atoms with Crippen LogP contribution in [0.3, 0.4) is 0 Å². The lowest BCUT2D eigenvalue weighted by Crippen LogP contribution is -2.52. The summed E-state index contributed by atoms with van der Waals surface area (Å²) >= 11 is 0. The lowest BCUT2D eigenvalue weighted by atomic mass is 9.93. The van der Waals surface area contributed by atoms with E-state index in [4.69, 9.17) is 7.85 Å². The van der Waals surface area contributed by atoms with Crippen molar-refractivity contribution < 1.29 is 14.3 Å². The minimum atomic E-state index is -0.593. The first-order valence-corrected chi connectivity index (χ1v) is 5.88. The molecule has 0 unspecified atom stereocenters. The van der Waals surface area contributed by atoms with Gasteiger partial charge in [0, 0.05) is 6.54 Å². The van der Waals surface area contributed by atoms with Crippen molar-refractivity contribution in [2.75, 3.05) is 13.7 Å². The molecule has 1 rings (SSSR count). The fourth-order valence-corrected chi connectivity index (χ4v) is 1.94. The Kier molecular flexibility index (Phi) is 4.84. The monoisotopic (exact) mass is 238 g/mol. The summed E-state index contributed by atoms with van der Waals surface area (Å²) < 4.78 is 4.52. The molecule has 0 aromatic carbocycles. The Bertz CT molecular complexity index is 296. The number of nitrogens with zero attached hydrogens (tertiary/aromatic N) is 1. The van der Waals surface area contributed by atoms with E-state index in [2.05, 4.69) is 10.1 Å². The number of carbonyl (C=O) groups is 2. The highest BCUT2D eigenvalue weighted by Gasteiger charge is 2.33. The molecule has 1 saturated heterocycles. The molecule has 0 aromatic rings. The van der Waals surface area contributed by atoms with Gasteiger partial charge in [0.15, 0.2) is 0 Å². The second kappa shape index (κ2) is 5.93. The van der Waals surface area contributed by atoms with E-state index in [9.17, 15) is 9.59 Å². The summed E-state index contributed by atoms with van der Waals surface area (Å²) in [4.78, 5) is 25.0. The van der Waals surface area contributed by atoms with Crippen LogP contribution in [0, 0.1) is 5.92 Å². The zero-order valence-electron chi connectivity index (χ0n) is 10.6. The SMILES string of the molecule is [B][C@@H]1CCCN1C(=O)[C@@H](NC(=O)OC)C(C)C. The fourth-order valence-electron chi connectivity index (χ4n) is 1.94. The molecule has 94 valence electrons. The first kappa shape index (κ1) is 13.9. The van der Waals surface area contributed by atoms with Crippen molar-refractivity contribution in [3.63, 3.8) is 0 Å². The smallest absolute Gasteiger partial charge is 0.407 e. The topological polar surface area (TPSA) is 58.6 Å². The van der Waals surface area contributed by atoms with Crippen molar-refractivity contribution in [1.82, 2.24) is 10.2 Å². The van der Waals surface area contributed by atoms with Gasteiger partial charge in [-0.25, -0.2) is 4.79 Å². The number of rotatable bonds is 3. The van der Waals surface area contributed by atoms with E-state index in [0.29, 0.717) is 6.54 Å². The molecule has 17 heavy (non-hydrogen) atoms. The molecule has 1 N–H and O–H groups in total. The van der Waals surface area contributed by atoms with Gasteiger partial charge in [-0.3, -0.25) is 4.79 Å². The van der Waals surface area contributed by atoms with Gasteiger partial charge in [-0.2, -0.15) is 0 Å². The van der Waals surface area contributed by atoms with Crippen LogP contribution >= 0.6 is 0 Å². The summed E-state index contributed by atoms with van der Waals surface area (Å²) in [6.45, 7) is 4.41. The van der Waals surface area contributed by atoms with E-state index < -0.39 is 12.1 Å². The molecule has 0 saturated carbocycles. The molecule has 2 atom stereocenters. The molecule has 0 aliphatic carbocycles. The third-order valence-corrected chi connectivity index (χ3v) is 2.97. The lowest BCUT2D eigenvalue weighted by Gasteiger charge is -2.29. The highest BCUT2D eigenvalue weighted by Crippen LogP contribution is 2.17. The molecule has 1 heterocycles. The summed E-state index contributed by atoms with van der Waals surface area (Å²) in [5.74, 6) is -0.368. The number of hydrogen-bond acceptors (Lipinski definition) is 3. The largest absolute Gasteiger partial charge is 0.453 e. The Labute approximate surface area is 103 Å². The second-order valence-corrected chi connectivity index (χ2v) is 4.60. The third-order valence-electron chi connectivity index (χ3n) is 2.97. The van der Waals surface area contributed by atoms with E-state index >= 15 is 0 Å². The minimum Gasteiger partial charge on any atom is -0.453 e. The van der Waals surface area contributed by atoms with Gasteiger partial charge in [0.2, 0.25) is 5.91 Å². The van der Waals surface area contributed by atoms with Gasteiger partial charge in [-0.1, -0.05) is 13.8 Å². The zero-order chi connectivity index (χ0) is 13.0. The van der Waals surface area contributed by atoms with Crippen LogP contribution in [-0.4, -0.2) is 50.4 Å². The molecule has 5 nitrogen and oxygen atoms in total. The highest BCUT2D eigenvalue weighted by molar-refractivity contribution is 6.13. The van der Waals surface area contributed by atoms with Crippen LogP contribution in [0.2, 0.25) is 0 Å². The lowest BCUT2D eigenvalue weighted by molar-refractivity contribution is -0.134. The molecular weight excluding hydrogens is 219 g/mol. The fraction of sp³-hybridized carbons (Fsp3) is 0.818. The minimum absolute atomic E-state index is 0.00519. The van der Waals surface area contributed by atoms with Gasteiger partial charge >= 0.3 is 6.09 Å². The number of nitrogens with one attached hydrogen (secondary N) is 1. The van der Waals surface area contributed by atoms with Crippen molar-refractivity contribution in [2.24, 2.45) is 5.92 Å². The Morgan fingerprint density at radius 1 is 1.47 bits per heavy atom. The van der Waals surface area contributed by atoms with Crippen molar-refractivity contribution in [3.8, 4) is 0 Å². The van der Waals surface area contributed by atoms with Gasteiger partial charge in [0.1, 0.15) is 6.04 Å². The van der Waals surface area contributed by atoms with Crippen molar-refractivity contribution in [3.05, 3.63) is 0 Å². The average Bonchev–Trinajstić information content (AvgIpc) is 2.70. The quantitative estimate of drug-likeness (QED) is 0.727. The molecule has 0 aromatic heterocycles. The zero-order valence-corrected chi connectivity index (χ0v) is 10.6. The van der Waals surface area contributed by atoms with Crippen LogP contribution in [0.25, 0.3) is 0 Å². The van der Waals surface area contributed by atoms with Crippen LogP contribution in [0.1, 0.15) is 26.7 Å². The van der Waals surface area contributed by atoms with Crippen LogP contribution in [0.4, 0.5) is 4.79 Å². The first-order valence-electron chi connectivity index (χ1n) is 5.88. The van der Waals surface area contributed by atoms with Crippen molar-refractivity contribution in [2.45, 2.75) is 38.7 Å². The molecule has 2 radical (unpaired) electrons. The van der Waals surface area contributed by atoms with Crippen LogP contribution in [0.5, 0.6) is 0 Å². The summed E-state index contributed by atoms with van der Waals surface area (Å²) in [5.41, 5.74) is 0. The maximum absolute atomic E-state index is 12.2. The highest BCUT2D eigenvalue weighted by atomic mass is 16.5. The number of ether oxygens (including phenoxy) is 1. The van der Waals surface area contributed by atoms with E-state index in [1.807, 2.05) is 13.8 Å². The number of amides is 2. The Hall–Kier alpha value is -1.20. The van der Waals surface area contributed by atoms with Gasteiger partial charge in [0.25, 0.3) is 0 Å². The van der Waals surface area contributed by atoms with Crippen molar-refractivity contribution >= 4 is 19.8 Å². The van der Waals surface area contributed by atoms with Gasteiger partial charge in [0.05, 0.1) is 15.0 Å². The number of alkyl carbamates (subject to hydrolysis) is 1. The van der Waals surface area contributed by atoms with E-state index in [1.165, 1.54) is 7.11 Å². The maximum Gasteiger partial charge on any atom is 0.407 e. The molecule has 0 spiro atoms. The van der Waals surface area contributed by atoms with Crippen LogP contribution in [-0.2, 0) is 9.53 Å². The predicted octanol–water partition coefficient (Wildman–Crippen LogP) is 0.484. The van der Waals surface area contributed by atoms with Gasteiger partial charge < -0.3 is 15.0 Å². The molecule has 2 amide bonds. The molecule has 1 fully saturated rings. The third kappa shape index (κ3) is 3.38. The van der Waals surface area contributed by atoms with Gasteiger partial charge in [-0.15, -0.1) is 0 Å². The standard InChI is InChI=1S/C11H19BN2O3/c1-7(2)9(13-11(16)17-3)10(15)14-6-4-5-8(14)12/h7-9H,4-6H2,1-3H3,(H,13,16)/t8-,9-/m0/s1. The number of likely N-dealkylation sites (tertiary alicyclic amines) is 1. The van der Waals surface area contributed by atoms with Crippen LogP contribution in [0.15, 0.2) is 0 Å². The number of carbonyl (C=O) groups excluding carboxylic acids is 2. The molecule has 0 bridgehead atoms. The van der Waals surface area contributed by atoms with E-state index in [0.717, 1.165) is 12.8 Å². The van der Waals surface area contributed by atoms with Crippen LogP contribution < -0.4 is 5.32 Å². The summed E-state index contributed by atoms with van der Waals surface area (Å²) in [7, 11) is 7.12. The first-order chi connectivity index (χ1) is 7.97. The van der Waals surface area contributed by atoms with E-state index in [-0.39, 0.29) is 17.8 Å². The maximum atomic E-state index is 12.2. The Balaban J connectivity index is 2.69. The molecule has 6 heteroatoms. The van der Waals surface area contributed by atoms with Crippen molar-refractivity contribution in [1.29, 1.82) is 0 Å². The van der Waals surface area contributed by atoms with Gasteiger partial charge in [-0.05, 0) is 24.7 Å². The summed E-state index contributed by atoms with van der Waals surface area (Å²) in [6, 6.07) is -0.577. The average molecular weight is 238 g/mol. The van der Waals surface area contributed by atoms with E-state index in [1.54, 1.807) is 4.90 Å². The second-order valence-electron chi connectivity index (χ2n) is 4.60.